The van der Waals surface area contributed by atoms with Crippen LogP contribution in [0.5, 0.6) is 0 Å². The molecule has 0 aliphatic heterocycles. The molecule has 2 aromatic carbocycles. The second-order valence-corrected chi connectivity index (χ2v) is 7.01. The number of rotatable bonds is 2. The molecule has 0 fully saturated rings. The molecule has 1 nitrogen and oxygen atoms in total. The molecule has 1 aliphatic rings. The zero-order valence-electron chi connectivity index (χ0n) is 12.5. The van der Waals surface area contributed by atoms with Crippen molar-refractivity contribution in [1.29, 1.82) is 0 Å². The number of hydrogen-bond acceptors (Lipinski definition) is 1. The molecule has 0 spiro atoms. The molecule has 0 radical (unpaired) electrons. The molecule has 110 valence electrons. The quantitative estimate of drug-likeness (QED) is 0.770. The minimum absolute atomic E-state index is 0.0182. The lowest BCUT2D eigenvalue weighted by Gasteiger charge is -2.29. The first-order chi connectivity index (χ1) is 9.87. The Morgan fingerprint density at radius 1 is 1.19 bits per heavy atom. The van der Waals surface area contributed by atoms with Crippen LogP contribution in [-0.4, -0.2) is 0 Å². The van der Waals surface area contributed by atoms with E-state index in [1.165, 1.54) is 11.1 Å². The van der Waals surface area contributed by atoms with Crippen molar-refractivity contribution in [2.45, 2.75) is 33.2 Å². The Bertz CT molecular complexity index is 694. The average Bonchev–Trinajstić information content (AvgIpc) is 2.63. The van der Waals surface area contributed by atoms with Gasteiger partial charge in [-0.1, -0.05) is 37.6 Å². The van der Waals surface area contributed by atoms with Crippen molar-refractivity contribution in [2.75, 3.05) is 5.32 Å². The molecule has 1 atom stereocenters. The van der Waals surface area contributed by atoms with Crippen LogP contribution in [0, 0.1) is 18.2 Å². The first-order valence-electron chi connectivity index (χ1n) is 7.18. The van der Waals surface area contributed by atoms with Crippen LogP contribution in [0.3, 0.4) is 0 Å². The molecular weight excluding hydrogens is 285 g/mol. The summed E-state index contributed by atoms with van der Waals surface area (Å²) in [6, 6.07) is 11.3. The topological polar surface area (TPSA) is 12.0 Å². The van der Waals surface area contributed by atoms with E-state index in [1.54, 1.807) is 6.07 Å². The van der Waals surface area contributed by atoms with Gasteiger partial charge in [0.05, 0.1) is 11.7 Å². The minimum Gasteiger partial charge on any atom is -0.375 e. The highest BCUT2D eigenvalue weighted by Gasteiger charge is 2.39. The molecule has 0 saturated carbocycles. The van der Waals surface area contributed by atoms with Gasteiger partial charge in [-0.3, -0.25) is 0 Å². The zero-order valence-corrected chi connectivity index (χ0v) is 13.3. The van der Waals surface area contributed by atoms with Gasteiger partial charge in [-0.15, -0.1) is 0 Å². The number of nitrogens with one attached hydrogen (secondary N) is 1. The smallest absolute Gasteiger partial charge is 0.146 e. The summed E-state index contributed by atoms with van der Waals surface area (Å²) in [6.45, 7) is 6.29. The summed E-state index contributed by atoms with van der Waals surface area (Å²) in [6.07, 6.45) is 0.963. The van der Waals surface area contributed by atoms with E-state index in [9.17, 15) is 4.39 Å². The predicted octanol–water partition coefficient (Wildman–Crippen LogP) is 5.52. The fourth-order valence-electron chi connectivity index (χ4n) is 3.18. The molecule has 3 rings (SSSR count). The van der Waals surface area contributed by atoms with Gasteiger partial charge in [0.1, 0.15) is 5.82 Å². The van der Waals surface area contributed by atoms with Gasteiger partial charge in [0.2, 0.25) is 0 Å². The van der Waals surface area contributed by atoms with Crippen molar-refractivity contribution in [2.24, 2.45) is 5.41 Å². The molecule has 0 bridgehead atoms. The van der Waals surface area contributed by atoms with Gasteiger partial charge in [0.25, 0.3) is 0 Å². The lowest BCUT2D eigenvalue weighted by Crippen LogP contribution is -2.25. The van der Waals surface area contributed by atoms with Gasteiger partial charge in [0.15, 0.2) is 0 Å². The van der Waals surface area contributed by atoms with E-state index in [4.69, 9.17) is 11.6 Å². The molecule has 0 amide bonds. The second-order valence-electron chi connectivity index (χ2n) is 6.57. The van der Waals surface area contributed by atoms with Crippen molar-refractivity contribution in [3.63, 3.8) is 0 Å². The van der Waals surface area contributed by atoms with Crippen molar-refractivity contribution >= 4 is 17.3 Å². The maximum Gasteiger partial charge on any atom is 0.146 e. The van der Waals surface area contributed by atoms with Gasteiger partial charge in [0, 0.05) is 5.02 Å². The molecule has 21 heavy (non-hydrogen) atoms. The zero-order chi connectivity index (χ0) is 15.2. The van der Waals surface area contributed by atoms with E-state index in [0.29, 0.717) is 5.69 Å². The van der Waals surface area contributed by atoms with Gasteiger partial charge in [-0.25, -0.2) is 4.39 Å². The Balaban J connectivity index is 1.99. The SMILES string of the molecule is Cc1ccc(NC2c3cc(Cl)ccc3CC2(C)C)c(F)c1. The molecule has 0 aromatic heterocycles. The van der Waals surface area contributed by atoms with E-state index >= 15 is 0 Å². The maximum absolute atomic E-state index is 14.1. The van der Waals surface area contributed by atoms with Gasteiger partial charge in [-0.05, 0) is 59.7 Å². The van der Waals surface area contributed by atoms with Crippen LogP contribution in [0.2, 0.25) is 5.02 Å². The van der Waals surface area contributed by atoms with Crippen LogP contribution in [0.25, 0.3) is 0 Å². The van der Waals surface area contributed by atoms with Crippen LogP contribution >= 0.6 is 11.6 Å². The fourth-order valence-corrected chi connectivity index (χ4v) is 3.36. The Hall–Kier alpha value is -1.54. The van der Waals surface area contributed by atoms with Crippen molar-refractivity contribution in [3.05, 3.63) is 63.9 Å². The molecule has 1 aliphatic carbocycles. The molecule has 0 saturated heterocycles. The molecule has 1 unspecified atom stereocenters. The lowest BCUT2D eigenvalue weighted by atomic mass is 9.85. The third kappa shape index (κ3) is 2.65. The molecule has 0 heterocycles. The lowest BCUT2D eigenvalue weighted by molar-refractivity contribution is 0.336. The molecular formula is C18H19ClFN. The van der Waals surface area contributed by atoms with Crippen LogP contribution < -0.4 is 5.32 Å². The average molecular weight is 304 g/mol. The number of anilines is 1. The summed E-state index contributed by atoms with van der Waals surface area (Å²) in [5.41, 5.74) is 3.95. The third-order valence-electron chi connectivity index (χ3n) is 4.27. The predicted molar refractivity (Wildman–Crippen MR) is 86.4 cm³/mol. The molecule has 2 aromatic rings. The molecule has 1 N–H and O–H groups in total. The largest absolute Gasteiger partial charge is 0.375 e. The van der Waals surface area contributed by atoms with Gasteiger partial charge in [-0.2, -0.15) is 0 Å². The third-order valence-corrected chi connectivity index (χ3v) is 4.51. The summed E-state index contributed by atoms with van der Waals surface area (Å²) in [5.74, 6) is -0.207. The second kappa shape index (κ2) is 5.03. The van der Waals surface area contributed by atoms with Gasteiger partial charge < -0.3 is 5.32 Å². The van der Waals surface area contributed by atoms with Crippen molar-refractivity contribution < 1.29 is 4.39 Å². The van der Waals surface area contributed by atoms with E-state index in [0.717, 1.165) is 17.0 Å². The first kappa shape index (κ1) is 14.4. The number of aryl methyl sites for hydroxylation is 1. The number of benzene rings is 2. The van der Waals surface area contributed by atoms with E-state index in [1.807, 2.05) is 31.2 Å². The summed E-state index contributed by atoms with van der Waals surface area (Å²) in [4.78, 5) is 0. The number of fused-ring (bicyclic) bond motifs is 1. The summed E-state index contributed by atoms with van der Waals surface area (Å²) in [5, 5.41) is 4.10. The highest BCUT2D eigenvalue weighted by atomic mass is 35.5. The van der Waals surface area contributed by atoms with E-state index in [2.05, 4.69) is 25.2 Å². The van der Waals surface area contributed by atoms with Crippen molar-refractivity contribution in [1.82, 2.24) is 0 Å². The highest BCUT2D eigenvalue weighted by molar-refractivity contribution is 6.30. The Morgan fingerprint density at radius 3 is 2.67 bits per heavy atom. The highest BCUT2D eigenvalue weighted by Crippen LogP contribution is 2.47. The summed E-state index contributed by atoms with van der Waals surface area (Å²) < 4.78 is 14.1. The van der Waals surface area contributed by atoms with Crippen LogP contribution in [0.15, 0.2) is 36.4 Å². The number of halogens is 2. The standard InChI is InChI=1S/C18H19ClFN/c1-11-4-7-16(15(20)8-11)21-17-14-9-13(19)6-5-12(14)10-18(17,2)3/h4-9,17,21H,10H2,1-3H3. The summed E-state index contributed by atoms with van der Waals surface area (Å²) >= 11 is 6.13. The van der Waals surface area contributed by atoms with Crippen LogP contribution in [0.4, 0.5) is 10.1 Å². The van der Waals surface area contributed by atoms with E-state index in [-0.39, 0.29) is 17.3 Å². The monoisotopic (exact) mass is 303 g/mol. The molecule has 3 heteroatoms. The van der Waals surface area contributed by atoms with Crippen LogP contribution in [-0.2, 0) is 6.42 Å². The fraction of sp³-hybridized carbons (Fsp3) is 0.333. The normalized spacial score (nSPS) is 19.4. The Kier molecular flexibility index (Phi) is 3.45. The minimum atomic E-state index is -0.207. The van der Waals surface area contributed by atoms with Crippen molar-refractivity contribution in [3.8, 4) is 0 Å². The summed E-state index contributed by atoms with van der Waals surface area (Å²) in [7, 11) is 0. The first-order valence-corrected chi connectivity index (χ1v) is 7.56. The van der Waals surface area contributed by atoms with Gasteiger partial charge >= 0.3 is 0 Å². The number of hydrogen-bond donors (Lipinski definition) is 1. The maximum atomic E-state index is 14.1. The Morgan fingerprint density at radius 2 is 1.95 bits per heavy atom. The van der Waals surface area contributed by atoms with Crippen LogP contribution in [0.1, 0.15) is 36.6 Å². The Labute approximate surface area is 130 Å². The van der Waals surface area contributed by atoms with E-state index < -0.39 is 0 Å².